The third-order valence-electron chi connectivity index (χ3n) is 1.87. The number of hydrogen-bond acceptors (Lipinski definition) is 6. The number of aromatic nitrogens is 3. The first-order valence-corrected chi connectivity index (χ1v) is 5.74. The molecule has 2 heterocycles. The molecule has 2 aromatic rings. The molecule has 2 aromatic heterocycles. The van der Waals surface area contributed by atoms with E-state index in [0.717, 1.165) is 11.5 Å². The van der Waals surface area contributed by atoms with Crippen molar-refractivity contribution in [3.63, 3.8) is 0 Å². The minimum atomic E-state index is -0.389. The number of nitrogen functional groups attached to an aromatic ring is 1. The Morgan fingerprint density at radius 2 is 2.35 bits per heavy atom. The van der Waals surface area contributed by atoms with E-state index in [2.05, 4.69) is 19.7 Å². The second-order valence-electron chi connectivity index (χ2n) is 3.19. The van der Waals surface area contributed by atoms with Gasteiger partial charge in [-0.1, -0.05) is 11.6 Å². The van der Waals surface area contributed by atoms with Crippen molar-refractivity contribution < 1.29 is 4.79 Å². The number of pyridine rings is 1. The minimum absolute atomic E-state index is 0.230. The molecule has 0 aliphatic carbocycles. The maximum Gasteiger partial charge on any atom is 0.259 e. The zero-order valence-corrected chi connectivity index (χ0v) is 10.3. The molecule has 1 amide bonds. The molecule has 8 heteroatoms. The first kappa shape index (κ1) is 11.7. The SMILES string of the molecule is Cc1nsc(NC(=O)c2cc(N)ncc2Cl)n1. The normalized spacial score (nSPS) is 10.2. The molecule has 0 bridgehead atoms. The van der Waals surface area contributed by atoms with Crippen molar-refractivity contribution in [3.05, 3.63) is 28.7 Å². The number of nitrogens with one attached hydrogen (secondary N) is 1. The van der Waals surface area contributed by atoms with Crippen LogP contribution in [0.4, 0.5) is 10.9 Å². The van der Waals surface area contributed by atoms with Crippen molar-refractivity contribution in [2.75, 3.05) is 11.1 Å². The fourth-order valence-corrected chi connectivity index (χ4v) is 1.90. The number of nitrogens with two attached hydrogens (primary N) is 1. The molecule has 3 N–H and O–H groups in total. The second-order valence-corrected chi connectivity index (χ2v) is 4.35. The number of aryl methyl sites for hydroxylation is 1. The highest BCUT2D eigenvalue weighted by atomic mass is 35.5. The fourth-order valence-electron chi connectivity index (χ4n) is 1.14. The Kier molecular flexibility index (Phi) is 3.21. The van der Waals surface area contributed by atoms with E-state index < -0.39 is 0 Å². The van der Waals surface area contributed by atoms with Crippen LogP contribution in [0.25, 0.3) is 0 Å². The highest BCUT2D eigenvalue weighted by molar-refractivity contribution is 7.09. The maximum absolute atomic E-state index is 11.9. The van der Waals surface area contributed by atoms with Crippen LogP contribution >= 0.6 is 23.1 Å². The lowest BCUT2D eigenvalue weighted by Crippen LogP contribution is -2.13. The van der Waals surface area contributed by atoms with Crippen molar-refractivity contribution >= 4 is 40.0 Å². The molecule has 0 aromatic carbocycles. The smallest absolute Gasteiger partial charge is 0.259 e. The van der Waals surface area contributed by atoms with Crippen molar-refractivity contribution in [1.82, 2.24) is 14.3 Å². The molecule has 0 radical (unpaired) electrons. The van der Waals surface area contributed by atoms with Crippen LogP contribution in [-0.4, -0.2) is 20.2 Å². The average molecular weight is 270 g/mol. The van der Waals surface area contributed by atoms with E-state index in [0.29, 0.717) is 11.0 Å². The van der Waals surface area contributed by atoms with Gasteiger partial charge in [0.2, 0.25) is 5.13 Å². The summed E-state index contributed by atoms with van der Waals surface area (Å²) in [5, 5.41) is 3.24. The number of hydrogen-bond donors (Lipinski definition) is 2. The number of amides is 1. The highest BCUT2D eigenvalue weighted by Gasteiger charge is 2.13. The van der Waals surface area contributed by atoms with Crippen molar-refractivity contribution in [2.24, 2.45) is 0 Å². The van der Waals surface area contributed by atoms with Crippen LogP contribution in [0.3, 0.4) is 0 Å². The maximum atomic E-state index is 11.9. The summed E-state index contributed by atoms with van der Waals surface area (Å²) in [7, 11) is 0. The predicted molar refractivity (Wildman–Crippen MR) is 66.3 cm³/mol. The van der Waals surface area contributed by atoms with Crippen LogP contribution in [0.1, 0.15) is 16.2 Å². The topological polar surface area (TPSA) is 93.8 Å². The van der Waals surface area contributed by atoms with Gasteiger partial charge in [0.1, 0.15) is 11.6 Å². The van der Waals surface area contributed by atoms with Gasteiger partial charge in [0.25, 0.3) is 5.91 Å². The first-order valence-electron chi connectivity index (χ1n) is 4.59. The molecule has 17 heavy (non-hydrogen) atoms. The molecule has 0 spiro atoms. The van der Waals surface area contributed by atoms with Gasteiger partial charge in [0.15, 0.2) is 0 Å². The van der Waals surface area contributed by atoms with Crippen LogP contribution in [0, 0.1) is 6.92 Å². The summed E-state index contributed by atoms with van der Waals surface area (Å²) in [5.74, 6) is 0.443. The summed E-state index contributed by atoms with van der Waals surface area (Å²) in [6, 6.07) is 1.41. The van der Waals surface area contributed by atoms with Crippen molar-refractivity contribution in [2.45, 2.75) is 6.92 Å². The van der Waals surface area contributed by atoms with Crippen LogP contribution in [0.2, 0.25) is 5.02 Å². The Hall–Kier alpha value is -1.73. The molecule has 0 aliphatic heterocycles. The molecule has 0 saturated heterocycles. The zero-order valence-electron chi connectivity index (χ0n) is 8.77. The Morgan fingerprint density at radius 1 is 1.59 bits per heavy atom. The number of nitrogens with zero attached hydrogens (tertiary/aromatic N) is 3. The molecular formula is C9H8ClN5OS. The summed E-state index contributed by atoms with van der Waals surface area (Å²) < 4.78 is 3.95. The number of rotatable bonds is 2. The van der Waals surface area contributed by atoms with Gasteiger partial charge in [0, 0.05) is 17.7 Å². The average Bonchev–Trinajstić information content (AvgIpc) is 2.67. The van der Waals surface area contributed by atoms with E-state index in [1.54, 1.807) is 6.92 Å². The summed E-state index contributed by atoms with van der Waals surface area (Å²) in [6.45, 7) is 1.74. The van der Waals surface area contributed by atoms with Gasteiger partial charge < -0.3 is 5.73 Å². The second kappa shape index (κ2) is 4.64. The Morgan fingerprint density at radius 3 is 3.00 bits per heavy atom. The lowest BCUT2D eigenvalue weighted by Gasteiger charge is -2.03. The van der Waals surface area contributed by atoms with E-state index in [9.17, 15) is 4.79 Å². The summed E-state index contributed by atoms with van der Waals surface area (Å²) in [5.41, 5.74) is 5.74. The Bertz CT molecular complexity index is 570. The lowest BCUT2D eigenvalue weighted by atomic mass is 10.2. The molecule has 0 atom stereocenters. The number of halogens is 1. The summed E-state index contributed by atoms with van der Waals surface area (Å²) in [6.07, 6.45) is 1.33. The van der Waals surface area contributed by atoms with E-state index in [-0.39, 0.29) is 22.3 Å². The summed E-state index contributed by atoms with van der Waals surface area (Å²) in [4.78, 5) is 19.6. The van der Waals surface area contributed by atoms with Crippen LogP contribution in [-0.2, 0) is 0 Å². The van der Waals surface area contributed by atoms with Crippen LogP contribution in [0.5, 0.6) is 0 Å². The number of carbonyl (C=O) groups is 1. The monoisotopic (exact) mass is 269 g/mol. The Balaban J connectivity index is 2.22. The fraction of sp³-hybridized carbons (Fsp3) is 0.111. The van der Waals surface area contributed by atoms with Gasteiger partial charge >= 0.3 is 0 Å². The first-order chi connectivity index (χ1) is 8.06. The molecular weight excluding hydrogens is 262 g/mol. The van der Waals surface area contributed by atoms with E-state index in [1.807, 2.05) is 0 Å². The van der Waals surface area contributed by atoms with Crippen LogP contribution < -0.4 is 11.1 Å². The van der Waals surface area contributed by atoms with E-state index in [4.69, 9.17) is 17.3 Å². The number of anilines is 2. The zero-order chi connectivity index (χ0) is 12.4. The number of carbonyl (C=O) groups excluding carboxylic acids is 1. The third-order valence-corrected chi connectivity index (χ3v) is 2.89. The van der Waals surface area contributed by atoms with Gasteiger partial charge in [0.05, 0.1) is 10.6 Å². The quantitative estimate of drug-likeness (QED) is 0.866. The van der Waals surface area contributed by atoms with Crippen LogP contribution in [0.15, 0.2) is 12.3 Å². The van der Waals surface area contributed by atoms with Gasteiger partial charge in [-0.3, -0.25) is 10.1 Å². The van der Waals surface area contributed by atoms with E-state index >= 15 is 0 Å². The molecule has 0 unspecified atom stereocenters. The largest absolute Gasteiger partial charge is 0.384 e. The van der Waals surface area contributed by atoms with Crippen molar-refractivity contribution in [1.29, 1.82) is 0 Å². The molecule has 0 fully saturated rings. The minimum Gasteiger partial charge on any atom is -0.384 e. The summed E-state index contributed by atoms with van der Waals surface area (Å²) >= 11 is 6.95. The molecule has 0 aliphatic rings. The molecule has 0 saturated carbocycles. The van der Waals surface area contributed by atoms with Gasteiger partial charge in [-0.2, -0.15) is 4.37 Å². The van der Waals surface area contributed by atoms with Crippen molar-refractivity contribution in [3.8, 4) is 0 Å². The Labute approximate surface area is 106 Å². The van der Waals surface area contributed by atoms with Gasteiger partial charge in [-0.05, 0) is 13.0 Å². The molecule has 2 rings (SSSR count). The predicted octanol–water partition coefficient (Wildman–Crippen LogP) is 1.73. The standard InChI is InChI=1S/C9H8ClN5OS/c1-4-13-9(17-15-4)14-8(16)5-2-7(11)12-3-6(5)10/h2-3H,1H3,(H2,11,12)(H,13,14,15,16). The lowest BCUT2D eigenvalue weighted by molar-refractivity contribution is 0.102. The highest BCUT2D eigenvalue weighted by Crippen LogP contribution is 2.19. The molecule has 88 valence electrons. The van der Waals surface area contributed by atoms with Gasteiger partial charge in [-0.15, -0.1) is 0 Å². The van der Waals surface area contributed by atoms with Gasteiger partial charge in [-0.25, -0.2) is 9.97 Å². The third kappa shape index (κ3) is 2.69. The van der Waals surface area contributed by atoms with E-state index in [1.165, 1.54) is 12.3 Å². The molecule has 6 nitrogen and oxygen atoms in total.